The molecule has 0 aliphatic heterocycles. The summed E-state index contributed by atoms with van der Waals surface area (Å²) in [7, 11) is 0. The highest BCUT2D eigenvalue weighted by Crippen LogP contribution is 2.28. The summed E-state index contributed by atoms with van der Waals surface area (Å²) in [5.41, 5.74) is 3.17. The molecule has 0 saturated heterocycles. The van der Waals surface area contributed by atoms with E-state index in [0.29, 0.717) is 5.13 Å². The molecule has 112 valence electrons. The van der Waals surface area contributed by atoms with Gasteiger partial charge in [-0.3, -0.25) is 4.79 Å². The maximum atomic E-state index is 12.5. The van der Waals surface area contributed by atoms with Crippen molar-refractivity contribution < 1.29 is 4.79 Å². The number of thiazole rings is 1. The average Bonchev–Trinajstić information content (AvgIpc) is 2.90. The van der Waals surface area contributed by atoms with Crippen LogP contribution in [0.15, 0.2) is 48.5 Å². The molecule has 22 heavy (non-hydrogen) atoms. The van der Waals surface area contributed by atoms with Gasteiger partial charge in [-0.2, -0.15) is 0 Å². The fraction of sp³-hybridized carbons (Fsp3) is 0.222. The van der Waals surface area contributed by atoms with Gasteiger partial charge in [0.1, 0.15) is 0 Å². The van der Waals surface area contributed by atoms with Crippen molar-refractivity contribution in [1.82, 2.24) is 4.98 Å². The summed E-state index contributed by atoms with van der Waals surface area (Å²) in [5.74, 6) is -0.139. The fourth-order valence-corrected chi connectivity index (χ4v) is 3.50. The van der Waals surface area contributed by atoms with Gasteiger partial charge < -0.3 is 5.32 Å². The van der Waals surface area contributed by atoms with E-state index in [1.54, 1.807) is 0 Å². The molecule has 0 aliphatic carbocycles. The van der Waals surface area contributed by atoms with Crippen molar-refractivity contribution in [3.8, 4) is 0 Å². The Labute approximate surface area is 134 Å². The van der Waals surface area contributed by atoms with Gasteiger partial charge >= 0.3 is 0 Å². The number of fused-ring (bicyclic) bond motifs is 1. The Balaban J connectivity index is 1.82. The summed E-state index contributed by atoms with van der Waals surface area (Å²) < 4.78 is 1.10. The van der Waals surface area contributed by atoms with Gasteiger partial charge in [0.05, 0.1) is 16.1 Å². The van der Waals surface area contributed by atoms with Crippen LogP contribution in [0.4, 0.5) is 5.13 Å². The SMILES string of the molecule is CC[C@@H](C(=O)Nc1nc2ccc(C)cc2s1)c1ccccc1. The number of anilines is 1. The monoisotopic (exact) mass is 310 g/mol. The average molecular weight is 310 g/mol. The summed E-state index contributed by atoms with van der Waals surface area (Å²) >= 11 is 1.52. The second-order valence-electron chi connectivity index (χ2n) is 5.35. The van der Waals surface area contributed by atoms with Crippen LogP contribution < -0.4 is 5.32 Å². The summed E-state index contributed by atoms with van der Waals surface area (Å²) in [6, 6.07) is 16.0. The van der Waals surface area contributed by atoms with Crippen LogP contribution in [0.5, 0.6) is 0 Å². The number of carbonyl (C=O) groups excluding carboxylic acids is 1. The number of hydrogen-bond acceptors (Lipinski definition) is 3. The Kier molecular flexibility index (Phi) is 4.20. The second-order valence-corrected chi connectivity index (χ2v) is 6.38. The summed E-state index contributed by atoms with van der Waals surface area (Å²) in [5, 5.41) is 3.64. The fourth-order valence-electron chi connectivity index (χ4n) is 2.54. The molecule has 0 unspecified atom stereocenters. The Bertz CT molecular complexity index is 795. The molecule has 4 heteroatoms. The zero-order chi connectivity index (χ0) is 15.5. The van der Waals surface area contributed by atoms with Crippen molar-refractivity contribution in [2.45, 2.75) is 26.2 Å². The first kappa shape index (κ1) is 14.7. The normalized spacial score (nSPS) is 12.3. The first-order chi connectivity index (χ1) is 10.7. The van der Waals surface area contributed by atoms with Gasteiger partial charge in [0.15, 0.2) is 5.13 Å². The van der Waals surface area contributed by atoms with Crippen LogP contribution in [0.3, 0.4) is 0 Å². The predicted molar refractivity (Wildman–Crippen MR) is 92.5 cm³/mol. The van der Waals surface area contributed by atoms with E-state index in [-0.39, 0.29) is 11.8 Å². The maximum absolute atomic E-state index is 12.5. The topological polar surface area (TPSA) is 42.0 Å². The van der Waals surface area contributed by atoms with Gasteiger partial charge in [0.25, 0.3) is 0 Å². The third-order valence-corrected chi connectivity index (χ3v) is 4.63. The maximum Gasteiger partial charge on any atom is 0.233 e. The van der Waals surface area contributed by atoms with Crippen LogP contribution in [0.2, 0.25) is 0 Å². The Morgan fingerprint density at radius 3 is 2.73 bits per heavy atom. The first-order valence-corrected chi connectivity index (χ1v) is 8.22. The molecule has 2 aromatic carbocycles. The number of benzene rings is 2. The molecular weight excluding hydrogens is 292 g/mol. The van der Waals surface area contributed by atoms with E-state index in [1.807, 2.05) is 49.4 Å². The molecule has 1 N–H and O–H groups in total. The van der Waals surface area contributed by atoms with E-state index >= 15 is 0 Å². The van der Waals surface area contributed by atoms with Crippen LogP contribution in [-0.4, -0.2) is 10.9 Å². The predicted octanol–water partition coefficient (Wildman–Crippen LogP) is 4.74. The summed E-state index contributed by atoms with van der Waals surface area (Å²) in [6.45, 7) is 4.08. The third kappa shape index (κ3) is 3.02. The molecular formula is C18H18N2OS. The van der Waals surface area contributed by atoms with Gasteiger partial charge in [-0.1, -0.05) is 54.7 Å². The molecule has 0 bridgehead atoms. The van der Waals surface area contributed by atoms with E-state index in [2.05, 4.69) is 23.3 Å². The highest BCUT2D eigenvalue weighted by atomic mass is 32.1. The number of nitrogens with one attached hydrogen (secondary N) is 1. The summed E-state index contributed by atoms with van der Waals surface area (Å²) in [4.78, 5) is 17.0. The van der Waals surface area contributed by atoms with Crippen molar-refractivity contribution in [2.75, 3.05) is 5.32 Å². The van der Waals surface area contributed by atoms with Gasteiger partial charge in [-0.25, -0.2) is 4.98 Å². The van der Waals surface area contributed by atoms with Crippen molar-refractivity contribution in [2.24, 2.45) is 0 Å². The Hall–Kier alpha value is -2.20. The molecule has 0 aliphatic rings. The molecule has 3 aromatic rings. The van der Waals surface area contributed by atoms with E-state index in [1.165, 1.54) is 16.9 Å². The van der Waals surface area contributed by atoms with E-state index in [9.17, 15) is 4.79 Å². The third-order valence-electron chi connectivity index (χ3n) is 3.70. The molecule has 0 saturated carbocycles. The van der Waals surface area contributed by atoms with Crippen LogP contribution in [0.1, 0.15) is 30.4 Å². The highest BCUT2D eigenvalue weighted by molar-refractivity contribution is 7.22. The largest absolute Gasteiger partial charge is 0.301 e. The molecule has 1 atom stereocenters. The second kappa shape index (κ2) is 6.28. The lowest BCUT2D eigenvalue weighted by Gasteiger charge is -2.13. The van der Waals surface area contributed by atoms with Crippen molar-refractivity contribution >= 4 is 32.6 Å². The van der Waals surface area contributed by atoms with E-state index < -0.39 is 0 Å². The molecule has 3 rings (SSSR count). The zero-order valence-electron chi connectivity index (χ0n) is 12.7. The van der Waals surface area contributed by atoms with Crippen LogP contribution in [-0.2, 0) is 4.79 Å². The number of rotatable bonds is 4. The molecule has 1 amide bonds. The standard InChI is InChI=1S/C18H18N2OS/c1-3-14(13-7-5-4-6-8-13)17(21)20-18-19-15-10-9-12(2)11-16(15)22-18/h4-11,14H,3H2,1-2H3,(H,19,20,21)/t14-/m1/s1. The number of hydrogen-bond donors (Lipinski definition) is 1. The number of aromatic nitrogens is 1. The molecule has 3 nitrogen and oxygen atoms in total. The van der Waals surface area contributed by atoms with Gasteiger partial charge in [-0.05, 0) is 36.6 Å². The lowest BCUT2D eigenvalue weighted by atomic mass is 9.96. The smallest absolute Gasteiger partial charge is 0.233 e. The molecule has 1 heterocycles. The van der Waals surface area contributed by atoms with Gasteiger partial charge in [0, 0.05) is 0 Å². The van der Waals surface area contributed by atoms with E-state index in [0.717, 1.165) is 22.2 Å². The van der Waals surface area contributed by atoms with Crippen LogP contribution >= 0.6 is 11.3 Å². The molecule has 0 spiro atoms. The number of aryl methyl sites for hydroxylation is 1. The molecule has 0 radical (unpaired) electrons. The Morgan fingerprint density at radius 1 is 1.23 bits per heavy atom. The van der Waals surface area contributed by atoms with Gasteiger partial charge in [-0.15, -0.1) is 0 Å². The number of amides is 1. The lowest BCUT2D eigenvalue weighted by Crippen LogP contribution is -2.20. The molecule has 1 aromatic heterocycles. The zero-order valence-corrected chi connectivity index (χ0v) is 13.5. The summed E-state index contributed by atoms with van der Waals surface area (Å²) in [6.07, 6.45) is 0.764. The number of carbonyl (C=O) groups is 1. The minimum absolute atomic E-state index is 0.00415. The Morgan fingerprint density at radius 2 is 2.00 bits per heavy atom. The minimum atomic E-state index is -0.144. The highest BCUT2D eigenvalue weighted by Gasteiger charge is 2.19. The van der Waals surface area contributed by atoms with Crippen molar-refractivity contribution in [3.63, 3.8) is 0 Å². The van der Waals surface area contributed by atoms with Crippen LogP contribution in [0, 0.1) is 6.92 Å². The van der Waals surface area contributed by atoms with Gasteiger partial charge in [0.2, 0.25) is 5.91 Å². The van der Waals surface area contributed by atoms with Crippen molar-refractivity contribution in [1.29, 1.82) is 0 Å². The first-order valence-electron chi connectivity index (χ1n) is 7.40. The van der Waals surface area contributed by atoms with E-state index in [4.69, 9.17) is 0 Å². The lowest BCUT2D eigenvalue weighted by molar-refractivity contribution is -0.117. The van der Waals surface area contributed by atoms with Crippen LogP contribution in [0.25, 0.3) is 10.2 Å². The quantitative estimate of drug-likeness (QED) is 0.756. The minimum Gasteiger partial charge on any atom is -0.301 e. The number of nitrogens with zero attached hydrogens (tertiary/aromatic N) is 1. The van der Waals surface area contributed by atoms with Crippen molar-refractivity contribution in [3.05, 3.63) is 59.7 Å². The molecule has 0 fully saturated rings.